The summed E-state index contributed by atoms with van der Waals surface area (Å²) in [5.74, 6) is -4.20. The summed E-state index contributed by atoms with van der Waals surface area (Å²) < 4.78 is 20.5. The lowest BCUT2D eigenvalue weighted by molar-refractivity contribution is -0.148. The van der Waals surface area contributed by atoms with Gasteiger partial charge in [0.25, 0.3) is 0 Å². The number of nitrogens with two attached hydrogens (primary N) is 1. The summed E-state index contributed by atoms with van der Waals surface area (Å²) >= 11 is 0. The van der Waals surface area contributed by atoms with Crippen molar-refractivity contribution in [1.82, 2.24) is 0 Å². The first-order valence-corrected chi connectivity index (χ1v) is 10.5. The Morgan fingerprint density at radius 2 is 1.63 bits per heavy atom. The minimum absolute atomic E-state index is 0.116. The monoisotopic (exact) mass is 478 g/mol. The van der Waals surface area contributed by atoms with Crippen LogP contribution in [0.5, 0.6) is 0 Å². The molecule has 2 aliphatic heterocycles. The van der Waals surface area contributed by atoms with Crippen LogP contribution in [0.3, 0.4) is 0 Å². The second-order valence-corrected chi connectivity index (χ2v) is 7.70. The number of rotatable bonds is 6. The van der Waals surface area contributed by atoms with E-state index in [1.165, 1.54) is 0 Å². The molecule has 0 saturated carbocycles. The average molecular weight is 478 g/mol. The van der Waals surface area contributed by atoms with E-state index < -0.39 is 35.7 Å². The van der Waals surface area contributed by atoms with Gasteiger partial charge in [-0.3, -0.25) is 4.79 Å². The maximum absolute atomic E-state index is 13.6. The third-order valence-electron chi connectivity index (χ3n) is 5.76. The predicted octanol–water partition coefficient (Wildman–Crippen LogP) is 1.81. The van der Waals surface area contributed by atoms with Gasteiger partial charge in [0, 0.05) is 11.3 Å². The van der Waals surface area contributed by atoms with E-state index >= 15 is 0 Å². The van der Waals surface area contributed by atoms with E-state index in [1.54, 1.807) is 48.5 Å². The Hall–Kier alpha value is -4.60. The number of hydrogen-bond acceptors (Lipinski definition) is 10. The summed E-state index contributed by atoms with van der Waals surface area (Å²) in [6.45, 7) is -0.116. The minimum atomic E-state index is -2.13. The van der Waals surface area contributed by atoms with E-state index in [4.69, 9.17) is 19.9 Å². The van der Waals surface area contributed by atoms with E-state index in [0.717, 1.165) is 14.2 Å². The number of fused-ring (bicyclic) bond motifs is 2. The highest BCUT2D eigenvalue weighted by Gasteiger charge is 2.63. The predicted molar refractivity (Wildman–Crippen MR) is 121 cm³/mol. The molecule has 2 aromatic rings. The summed E-state index contributed by atoms with van der Waals surface area (Å²) in [5, 5.41) is 2.89. The van der Waals surface area contributed by atoms with Crippen LogP contribution in [0.2, 0.25) is 0 Å². The van der Waals surface area contributed by atoms with Crippen LogP contribution in [0.4, 0.5) is 5.69 Å². The van der Waals surface area contributed by atoms with Crippen molar-refractivity contribution < 1.29 is 38.1 Å². The lowest BCUT2D eigenvalue weighted by Gasteiger charge is -2.35. The molecule has 2 aromatic carbocycles. The Labute approximate surface area is 200 Å². The molecule has 0 radical (unpaired) electrons. The zero-order valence-electron chi connectivity index (χ0n) is 19.0. The van der Waals surface area contributed by atoms with E-state index in [0.29, 0.717) is 11.3 Å². The number of ether oxygens (including phenoxy) is 4. The highest BCUT2D eigenvalue weighted by molar-refractivity contribution is 6.16. The molecule has 1 spiro atoms. The van der Waals surface area contributed by atoms with Gasteiger partial charge in [-0.2, -0.15) is 0 Å². The first-order valence-electron chi connectivity index (χ1n) is 10.5. The van der Waals surface area contributed by atoms with E-state index in [2.05, 4.69) is 10.1 Å². The van der Waals surface area contributed by atoms with Crippen LogP contribution in [0.25, 0.3) is 0 Å². The molecule has 0 aliphatic carbocycles. The third kappa shape index (κ3) is 3.88. The second kappa shape index (κ2) is 9.34. The van der Waals surface area contributed by atoms with E-state index in [1.807, 2.05) is 6.07 Å². The van der Waals surface area contributed by atoms with Crippen molar-refractivity contribution in [2.45, 2.75) is 18.4 Å². The smallest absolute Gasteiger partial charge is 0.339 e. The van der Waals surface area contributed by atoms with Crippen molar-refractivity contribution in [3.05, 3.63) is 88.5 Å². The fourth-order valence-corrected chi connectivity index (χ4v) is 4.24. The number of hydrogen-bond donors (Lipinski definition) is 2. The van der Waals surface area contributed by atoms with Gasteiger partial charge in [-0.05, 0) is 11.6 Å². The van der Waals surface area contributed by atoms with Crippen molar-refractivity contribution >= 4 is 29.6 Å². The molecule has 10 heteroatoms. The average Bonchev–Trinajstić information content (AvgIpc) is 3.14. The lowest BCUT2D eigenvalue weighted by Crippen LogP contribution is -2.47. The van der Waals surface area contributed by atoms with Gasteiger partial charge in [0.1, 0.15) is 35.8 Å². The molecular formula is C25H22N2O8. The molecule has 0 bridgehead atoms. The van der Waals surface area contributed by atoms with Crippen LogP contribution in [0, 0.1) is 0 Å². The van der Waals surface area contributed by atoms with E-state index in [9.17, 15) is 19.2 Å². The van der Waals surface area contributed by atoms with Crippen molar-refractivity contribution in [3.63, 3.8) is 0 Å². The Morgan fingerprint density at radius 3 is 2.31 bits per heavy atom. The normalized spacial score (nSPS) is 18.5. The van der Waals surface area contributed by atoms with Gasteiger partial charge in [0.15, 0.2) is 5.41 Å². The molecule has 0 unspecified atom stereocenters. The molecule has 2 heterocycles. The summed E-state index contributed by atoms with van der Waals surface area (Å²) in [6.07, 6.45) is -0.545. The minimum Gasteiger partial charge on any atom is -0.469 e. The Morgan fingerprint density at radius 1 is 0.943 bits per heavy atom. The van der Waals surface area contributed by atoms with Crippen LogP contribution in [-0.2, 0) is 50.1 Å². The SMILES string of the molecule is COC(=O)CC1=C(C(=O)OC)[C@@]2(C(=O)O1)C(C(=O)OCc1ccccc1)=C(N)Nc1ccccc12. The zero-order chi connectivity index (χ0) is 25.2. The van der Waals surface area contributed by atoms with Gasteiger partial charge >= 0.3 is 23.9 Å². The number of methoxy groups -OCH3 is 2. The largest absolute Gasteiger partial charge is 0.469 e. The number of para-hydroxylation sites is 1. The molecule has 0 amide bonds. The standard InChI is InChI=1S/C25H22N2O8/c1-32-18(28)12-17-19(22(29)33-2)25(24(31)35-17)15-10-6-7-11-16(15)27-21(26)20(25)23(30)34-13-14-8-4-3-5-9-14/h3-11,27H,12-13,26H2,1-2H3/t25-/m1/s1. The maximum Gasteiger partial charge on any atom is 0.339 e. The number of nitrogens with one attached hydrogen (secondary N) is 1. The summed E-state index contributed by atoms with van der Waals surface area (Å²) in [6, 6.07) is 15.4. The van der Waals surface area contributed by atoms with Crippen molar-refractivity contribution in [1.29, 1.82) is 0 Å². The molecule has 0 fully saturated rings. The van der Waals surface area contributed by atoms with Crippen molar-refractivity contribution in [3.8, 4) is 0 Å². The first kappa shape index (κ1) is 23.6. The van der Waals surface area contributed by atoms with Gasteiger partial charge in [-0.1, -0.05) is 48.5 Å². The summed E-state index contributed by atoms with van der Waals surface area (Å²) in [4.78, 5) is 52.2. The number of anilines is 1. The topological polar surface area (TPSA) is 143 Å². The van der Waals surface area contributed by atoms with Gasteiger partial charge in [0.2, 0.25) is 0 Å². The van der Waals surface area contributed by atoms with Gasteiger partial charge in [0.05, 0.1) is 14.2 Å². The Balaban J connectivity index is 1.92. The highest BCUT2D eigenvalue weighted by atomic mass is 16.6. The van der Waals surface area contributed by atoms with E-state index in [-0.39, 0.29) is 34.9 Å². The maximum atomic E-state index is 13.6. The third-order valence-corrected chi connectivity index (χ3v) is 5.76. The van der Waals surface area contributed by atoms with Crippen LogP contribution in [-0.4, -0.2) is 38.1 Å². The van der Waals surface area contributed by atoms with Crippen molar-refractivity contribution in [2.75, 3.05) is 19.5 Å². The molecule has 35 heavy (non-hydrogen) atoms. The number of cyclic esters (lactones) is 1. The summed E-state index contributed by atoms with van der Waals surface area (Å²) in [5.41, 5.74) is 4.70. The lowest BCUT2D eigenvalue weighted by atomic mass is 9.66. The van der Waals surface area contributed by atoms with Gasteiger partial charge in [-0.25, -0.2) is 14.4 Å². The number of carbonyl (C=O) groups is 4. The molecule has 10 nitrogen and oxygen atoms in total. The first-order chi connectivity index (χ1) is 16.8. The van der Waals surface area contributed by atoms with Crippen LogP contribution < -0.4 is 11.1 Å². The molecule has 2 aliphatic rings. The van der Waals surface area contributed by atoms with Crippen LogP contribution in [0.1, 0.15) is 17.5 Å². The fourth-order valence-electron chi connectivity index (χ4n) is 4.24. The number of benzene rings is 2. The Bertz CT molecular complexity index is 1280. The molecular weight excluding hydrogens is 456 g/mol. The van der Waals surface area contributed by atoms with Crippen molar-refractivity contribution in [2.24, 2.45) is 5.73 Å². The number of esters is 4. The summed E-state index contributed by atoms with van der Waals surface area (Å²) in [7, 11) is 2.26. The fraction of sp³-hybridized carbons (Fsp3) is 0.200. The second-order valence-electron chi connectivity index (χ2n) is 7.70. The van der Waals surface area contributed by atoms with Crippen LogP contribution >= 0.6 is 0 Å². The molecule has 0 aromatic heterocycles. The Kier molecular flexibility index (Phi) is 6.28. The van der Waals surface area contributed by atoms with Gasteiger partial charge in [-0.15, -0.1) is 0 Å². The highest BCUT2D eigenvalue weighted by Crippen LogP contribution is 2.53. The molecule has 1 atom stereocenters. The molecule has 4 rings (SSSR count). The molecule has 0 saturated heterocycles. The van der Waals surface area contributed by atoms with Crippen LogP contribution in [0.15, 0.2) is 77.3 Å². The zero-order valence-corrected chi connectivity index (χ0v) is 19.0. The van der Waals surface area contributed by atoms with Gasteiger partial charge < -0.3 is 30.0 Å². The number of carbonyl (C=O) groups excluding carboxylic acids is 4. The quantitative estimate of drug-likeness (QED) is 0.466. The molecule has 3 N–H and O–H groups in total. The molecule has 180 valence electrons.